The molecule has 76 valence electrons. The molecule has 0 aliphatic carbocycles. The van der Waals surface area contributed by atoms with Gasteiger partial charge in [-0.05, 0) is 19.1 Å². The zero-order valence-electron chi connectivity index (χ0n) is 8.41. The van der Waals surface area contributed by atoms with E-state index >= 15 is 0 Å². The van der Waals surface area contributed by atoms with Gasteiger partial charge in [0.2, 0.25) is 5.91 Å². The summed E-state index contributed by atoms with van der Waals surface area (Å²) in [6, 6.07) is 3.83. The minimum atomic E-state index is -0.223. The Kier molecular flexibility index (Phi) is 3.45. The van der Waals surface area contributed by atoms with Crippen LogP contribution in [0.25, 0.3) is 0 Å². The molecule has 1 aromatic rings. The molecule has 1 amide bonds. The number of rotatable bonds is 4. The second-order valence-corrected chi connectivity index (χ2v) is 3.27. The zero-order chi connectivity index (χ0) is 10.6. The fourth-order valence-electron chi connectivity index (χ4n) is 1.16. The normalized spacial score (nSPS) is 9.86. The van der Waals surface area contributed by atoms with Gasteiger partial charge in [0, 0.05) is 18.9 Å². The van der Waals surface area contributed by atoms with Crippen LogP contribution in [0.1, 0.15) is 19.0 Å². The lowest BCUT2D eigenvalue weighted by Gasteiger charge is -2.04. The van der Waals surface area contributed by atoms with E-state index in [2.05, 4.69) is 5.32 Å². The summed E-state index contributed by atoms with van der Waals surface area (Å²) in [4.78, 5) is 21.7. The predicted octanol–water partition coefficient (Wildman–Crippen LogP) is 0.620. The van der Waals surface area contributed by atoms with E-state index in [4.69, 9.17) is 0 Å². The molecule has 0 saturated carbocycles. The maximum absolute atomic E-state index is 11.1. The van der Waals surface area contributed by atoms with Gasteiger partial charge in [-0.3, -0.25) is 9.59 Å². The fraction of sp³-hybridized carbons (Fsp3) is 0.400. The van der Waals surface area contributed by atoms with Crippen LogP contribution >= 0.6 is 0 Å². The average molecular weight is 194 g/mol. The third-order valence-electron chi connectivity index (χ3n) is 1.93. The summed E-state index contributed by atoms with van der Waals surface area (Å²) in [6.45, 7) is 1.87. The number of hydrogen-bond acceptors (Lipinski definition) is 2. The van der Waals surface area contributed by atoms with Crippen molar-refractivity contribution in [1.29, 1.82) is 0 Å². The lowest BCUT2D eigenvalue weighted by atomic mass is 10.3. The molecule has 0 unspecified atom stereocenters. The number of Topliss-reactive ketones (excluding diaryl/α,β-unsaturated/α-hetero) is 1. The Bertz CT molecular complexity index is 342. The van der Waals surface area contributed by atoms with Crippen molar-refractivity contribution in [2.75, 3.05) is 0 Å². The molecule has 4 heteroatoms. The summed E-state index contributed by atoms with van der Waals surface area (Å²) in [7, 11) is 1.91. The number of aryl methyl sites for hydroxylation is 1. The molecular formula is C10H14N2O2. The van der Waals surface area contributed by atoms with Crippen molar-refractivity contribution in [3.63, 3.8) is 0 Å². The standard InChI is InChI=1S/C10H14N2O2/c1-8(13)6-10(14)11-7-9-4-3-5-12(9)2/h3-5H,6-7H2,1-2H3,(H,11,14). The molecule has 0 bridgehead atoms. The second-order valence-electron chi connectivity index (χ2n) is 3.27. The van der Waals surface area contributed by atoms with Crippen molar-refractivity contribution in [3.8, 4) is 0 Å². The number of ketones is 1. The highest BCUT2D eigenvalue weighted by Gasteiger charge is 2.04. The van der Waals surface area contributed by atoms with Gasteiger partial charge < -0.3 is 9.88 Å². The van der Waals surface area contributed by atoms with Crippen LogP contribution in [0.2, 0.25) is 0 Å². The highest BCUT2D eigenvalue weighted by atomic mass is 16.2. The molecule has 0 spiro atoms. The first-order chi connectivity index (χ1) is 6.59. The maximum atomic E-state index is 11.1. The quantitative estimate of drug-likeness (QED) is 0.714. The van der Waals surface area contributed by atoms with E-state index in [-0.39, 0.29) is 18.1 Å². The van der Waals surface area contributed by atoms with Crippen LogP contribution < -0.4 is 5.32 Å². The first kappa shape index (κ1) is 10.5. The van der Waals surface area contributed by atoms with Crippen LogP contribution in [0.15, 0.2) is 18.3 Å². The van der Waals surface area contributed by atoms with Gasteiger partial charge in [0.25, 0.3) is 0 Å². The van der Waals surface area contributed by atoms with Crippen molar-refractivity contribution in [2.45, 2.75) is 19.9 Å². The smallest absolute Gasteiger partial charge is 0.227 e. The Hall–Kier alpha value is -1.58. The van der Waals surface area contributed by atoms with Crippen LogP contribution in [-0.4, -0.2) is 16.3 Å². The number of carbonyl (C=O) groups is 2. The third-order valence-corrected chi connectivity index (χ3v) is 1.93. The number of carbonyl (C=O) groups excluding carboxylic acids is 2. The molecule has 4 nitrogen and oxygen atoms in total. The molecule has 0 atom stereocenters. The summed E-state index contributed by atoms with van der Waals surface area (Å²) >= 11 is 0. The van der Waals surface area contributed by atoms with Crippen LogP contribution in [-0.2, 0) is 23.2 Å². The van der Waals surface area contributed by atoms with Crippen molar-refractivity contribution in [1.82, 2.24) is 9.88 Å². The van der Waals surface area contributed by atoms with E-state index in [1.807, 2.05) is 29.9 Å². The van der Waals surface area contributed by atoms with E-state index in [1.165, 1.54) is 6.92 Å². The highest BCUT2D eigenvalue weighted by molar-refractivity contribution is 5.96. The van der Waals surface area contributed by atoms with E-state index in [0.717, 1.165) is 5.69 Å². The van der Waals surface area contributed by atoms with Crippen molar-refractivity contribution >= 4 is 11.7 Å². The van der Waals surface area contributed by atoms with E-state index in [9.17, 15) is 9.59 Å². The van der Waals surface area contributed by atoms with Gasteiger partial charge in [0.1, 0.15) is 5.78 Å². The number of hydrogen-bond donors (Lipinski definition) is 1. The van der Waals surface area contributed by atoms with Crippen molar-refractivity contribution < 1.29 is 9.59 Å². The summed E-state index contributed by atoms with van der Waals surface area (Å²) in [6.07, 6.45) is 1.87. The summed E-state index contributed by atoms with van der Waals surface area (Å²) < 4.78 is 1.92. The van der Waals surface area contributed by atoms with E-state index in [1.54, 1.807) is 0 Å². The fourth-order valence-corrected chi connectivity index (χ4v) is 1.16. The Balaban J connectivity index is 2.38. The van der Waals surface area contributed by atoms with E-state index < -0.39 is 0 Å². The van der Waals surface area contributed by atoms with Gasteiger partial charge >= 0.3 is 0 Å². The average Bonchev–Trinajstić information content (AvgIpc) is 2.46. The van der Waals surface area contributed by atoms with Crippen molar-refractivity contribution in [3.05, 3.63) is 24.0 Å². The van der Waals surface area contributed by atoms with Crippen LogP contribution in [0.3, 0.4) is 0 Å². The number of amides is 1. The molecule has 0 aliphatic rings. The molecule has 1 heterocycles. The van der Waals surface area contributed by atoms with Gasteiger partial charge in [-0.2, -0.15) is 0 Å². The van der Waals surface area contributed by atoms with Gasteiger partial charge in [-0.25, -0.2) is 0 Å². The monoisotopic (exact) mass is 194 g/mol. The first-order valence-corrected chi connectivity index (χ1v) is 4.46. The Morgan fingerprint density at radius 3 is 2.71 bits per heavy atom. The molecule has 0 aliphatic heterocycles. The van der Waals surface area contributed by atoms with Crippen molar-refractivity contribution in [2.24, 2.45) is 7.05 Å². The van der Waals surface area contributed by atoms with Gasteiger partial charge in [0.05, 0.1) is 13.0 Å². The molecule has 1 rings (SSSR count). The highest BCUT2D eigenvalue weighted by Crippen LogP contribution is 1.98. The molecule has 0 fully saturated rings. The molecule has 0 radical (unpaired) electrons. The topological polar surface area (TPSA) is 51.1 Å². The molecule has 1 aromatic heterocycles. The number of nitrogens with one attached hydrogen (secondary N) is 1. The second kappa shape index (κ2) is 4.60. The van der Waals surface area contributed by atoms with E-state index in [0.29, 0.717) is 6.54 Å². The number of aromatic nitrogens is 1. The summed E-state index contributed by atoms with van der Waals surface area (Å²) in [5.74, 6) is -0.340. The van der Waals surface area contributed by atoms with Crippen LogP contribution in [0, 0.1) is 0 Å². The van der Waals surface area contributed by atoms with Crippen LogP contribution in [0.4, 0.5) is 0 Å². The molecule has 0 saturated heterocycles. The largest absolute Gasteiger partial charge is 0.353 e. The lowest BCUT2D eigenvalue weighted by Crippen LogP contribution is -2.25. The molecule has 0 aromatic carbocycles. The predicted molar refractivity (Wildman–Crippen MR) is 52.6 cm³/mol. The lowest BCUT2D eigenvalue weighted by molar-refractivity contribution is -0.127. The first-order valence-electron chi connectivity index (χ1n) is 4.46. The summed E-state index contributed by atoms with van der Waals surface area (Å²) in [5, 5.41) is 2.68. The summed E-state index contributed by atoms with van der Waals surface area (Å²) in [5.41, 5.74) is 1.02. The SMILES string of the molecule is CC(=O)CC(=O)NCc1cccn1C. The third kappa shape index (κ3) is 3.05. The van der Waals surface area contributed by atoms with Gasteiger partial charge in [-0.15, -0.1) is 0 Å². The minimum Gasteiger partial charge on any atom is -0.353 e. The Labute approximate surface area is 82.9 Å². The Morgan fingerprint density at radius 2 is 2.21 bits per heavy atom. The molecule has 1 N–H and O–H groups in total. The maximum Gasteiger partial charge on any atom is 0.227 e. The van der Waals surface area contributed by atoms with Gasteiger partial charge in [-0.1, -0.05) is 0 Å². The van der Waals surface area contributed by atoms with Crippen LogP contribution in [0.5, 0.6) is 0 Å². The van der Waals surface area contributed by atoms with Gasteiger partial charge in [0.15, 0.2) is 0 Å². The Morgan fingerprint density at radius 1 is 1.50 bits per heavy atom. The molecular weight excluding hydrogens is 180 g/mol. The minimum absolute atomic E-state index is 0.0373. The molecule has 14 heavy (non-hydrogen) atoms. The zero-order valence-corrected chi connectivity index (χ0v) is 8.41. The number of nitrogens with zero attached hydrogens (tertiary/aromatic N) is 1.